The summed E-state index contributed by atoms with van der Waals surface area (Å²) in [6.45, 7) is 2.51. The van der Waals surface area contributed by atoms with Crippen LogP contribution in [0.25, 0.3) is 0 Å². The first-order valence-corrected chi connectivity index (χ1v) is 5.14. The number of rotatable bonds is 5. The van der Waals surface area contributed by atoms with Crippen molar-refractivity contribution in [1.29, 1.82) is 0 Å². The van der Waals surface area contributed by atoms with E-state index in [0.717, 1.165) is 0 Å². The molecule has 1 heterocycles. The zero-order valence-electron chi connectivity index (χ0n) is 8.76. The minimum atomic E-state index is -0.515. The molecule has 1 N–H and O–H groups in total. The first-order valence-electron chi connectivity index (χ1n) is 4.77. The highest BCUT2D eigenvalue weighted by Gasteiger charge is 2.20. The van der Waals surface area contributed by atoms with Crippen LogP contribution in [0.4, 0.5) is 11.5 Å². The lowest BCUT2D eigenvalue weighted by Gasteiger charge is -2.20. The molecule has 0 saturated carbocycles. The number of pyridine rings is 1. The predicted molar refractivity (Wildman–Crippen MR) is 60.9 cm³/mol. The average molecular weight is 246 g/mol. The highest BCUT2D eigenvalue weighted by Crippen LogP contribution is 2.27. The molecule has 1 rings (SSSR count). The lowest BCUT2D eigenvalue weighted by atomic mass is 10.3. The van der Waals surface area contributed by atoms with Gasteiger partial charge < -0.3 is 10.0 Å². The van der Waals surface area contributed by atoms with Crippen molar-refractivity contribution in [1.82, 2.24) is 4.98 Å². The van der Waals surface area contributed by atoms with Crippen molar-refractivity contribution < 1.29 is 10.0 Å². The summed E-state index contributed by atoms with van der Waals surface area (Å²) < 4.78 is 0. The van der Waals surface area contributed by atoms with Gasteiger partial charge in [0.25, 0.3) is 0 Å². The van der Waals surface area contributed by atoms with E-state index in [1.54, 1.807) is 4.90 Å². The largest absolute Gasteiger partial charge is 0.395 e. The number of nitro groups is 1. The summed E-state index contributed by atoms with van der Waals surface area (Å²) >= 11 is 5.70. The summed E-state index contributed by atoms with van der Waals surface area (Å²) in [5.41, 5.74) is -0.111. The molecule has 6 nitrogen and oxygen atoms in total. The topological polar surface area (TPSA) is 79.5 Å². The molecule has 0 aromatic carbocycles. The van der Waals surface area contributed by atoms with Crippen LogP contribution in [0.15, 0.2) is 12.1 Å². The van der Waals surface area contributed by atoms with E-state index >= 15 is 0 Å². The highest BCUT2D eigenvalue weighted by molar-refractivity contribution is 6.29. The van der Waals surface area contributed by atoms with Gasteiger partial charge in [-0.1, -0.05) is 11.6 Å². The third-order valence-electron chi connectivity index (χ3n) is 2.07. The summed E-state index contributed by atoms with van der Waals surface area (Å²) in [6.07, 6.45) is 0. The molecule has 16 heavy (non-hydrogen) atoms. The second-order valence-electron chi connectivity index (χ2n) is 3.04. The highest BCUT2D eigenvalue weighted by atomic mass is 35.5. The van der Waals surface area contributed by atoms with Crippen molar-refractivity contribution in [3.63, 3.8) is 0 Å². The third-order valence-corrected chi connectivity index (χ3v) is 2.28. The summed E-state index contributed by atoms with van der Waals surface area (Å²) in [4.78, 5) is 15.8. The third kappa shape index (κ3) is 2.80. The van der Waals surface area contributed by atoms with Crippen LogP contribution in [-0.4, -0.2) is 34.7 Å². The van der Waals surface area contributed by atoms with E-state index in [4.69, 9.17) is 16.7 Å². The molecule has 0 unspecified atom stereocenters. The Kier molecular flexibility index (Phi) is 4.45. The first-order chi connectivity index (χ1) is 7.60. The first kappa shape index (κ1) is 12.7. The van der Waals surface area contributed by atoms with E-state index in [1.807, 2.05) is 6.92 Å². The number of aromatic nitrogens is 1. The fraction of sp³-hybridized carbons (Fsp3) is 0.444. The fourth-order valence-electron chi connectivity index (χ4n) is 1.33. The van der Waals surface area contributed by atoms with Crippen molar-refractivity contribution >= 4 is 23.1 Å². The van der Waals surface area contributed by atoms with Gasteiger partial charge >= 0.3 is 5.69 Å². The maximum Gasteiger partial charge on any atom is 0.311 e. The smallest absolute Gasteiger partial charge is 0.311 e. The van der Waals surface area contributed by atoms with Crippen molar-refractivity contribution in [2.75, 3.05) is 24.6 Å². The molecule has 0 aliphatic rings. The molecule has 0 saturated heterocycles. The molecule has 1 aromatic rings. The Morgan fingerprint density at radius 3 is 2.81 bits per heavy atom. The normalized spacial score (nSPS) is 10.2. The van der Waals surface area contributed by atoms with Gasteiger partial charge in [-0.05, 0) is 13.0 Å². The molecular weight excluding hydrogens is 234 g/mol. The van der Waals surface area contributed by atoms with Crippen LogP contribution < -0.4 is 4.90 Å². The van der Waals surface area contributed by atoms with E-state index in [-0.39, 0.29) is 29.8 Å². The van der Waals surface area contributed by atoms with Crippen LogP contribution in [0.3, 0.4) is 0 Å². The van der Waals surface area contributed by atoms with E-state index in [2.05, 4.69) is 4.98 Å². The van der Waals surface area contributed by atoms with Gasteiger partial charge in [-0.2, -0.15) is 0 Å². The van der Waals surface area contributed by atoms with Gasteiger partial charge in [-0.25, -0.2) is 4.98 Å². The van der Waals surface area contributed by atoms with Crippen molar-refractivity contribution in [3.05, 3.63) is 27.4 Å². The van der Waals surface area contributed by atoms with Crippen LogP contribution in [-0.2, 0) is 0 Å². The molecule has 0 aliphatic carbocycles. The Balaban J connectivity index is 3.16. The second kappa shape index (κ2) is 5.62. The van der Waals surface area contributed by atoms with Crippen LogP contribution in [0.1, 0.15) is 6.92 Å². The van der Waals surface area contributed by atoms with Crippen LogP contribution in [0, 0.1) is 10.1 Å². The predicted octanol–water partition coefficient (Wildman–Crippen LogP) is 1.46. The number of halogens is 1. The molecule has 1 aromatic heterocycles. The minimum absolute atomic E-state index is 0.0980. The van der Waals surface area contributed by atoms with E-state index in [0.29, 0.717) is 6.54 Å². The molecule has 0 amide bonds. The summed E-state index contributed by atoms with van der Waals surface area (Å²) in [6, 6.07) is 2.68. The fourth-order valence-corrected chi connectivity index (χ4v) is 1.47. The van der Waals surface area contributed by atoms with E-state index < -0.39 is 4.92 Å². The standard InChI is InChI=1S/C9H12ClN3O3/c1-2-12(5-6-14)9-7(13(15)16)3-4-8(10)11-9/h3-4,14H,2,5-6H2,1H3. The van der Waals surface area contributed by atoms with Gasteiger partial charge in [0.1, 0.15) is 5.15 Å². The molecule has 88 valence electrons. The Morgan fingerprint density at radius 2 is 2.31 bits per heavy atom. The Labute approximate surface area is 97.6 Å². The maximum absolute atomic E-state index is 10.8. The maximum atomic E-state index is 10.8. The van der Waals surface area contributed by atoms with Gasteiger partial charge in [0, 0.05) is 19.2 Å². The quantitative estimate of drug-likeness (QED) is 0.483. The molecule has 0 aliphatic heterocycles. The Morgan fingerprint density at radius 1 is 1.62 bits per heavy atom. The number of aliphatic hydroxyl groups excluding tert-OH is 1. The number of anilines is 1. The monoisotopic (exact) mass is 245 g/mol. The molecule has 0 atom stereocenters. The molecule has 0 spiro atoms. The molecule has 0 fully saturated rings. The minimum Gasteiger partial charge on any atom is -0.395 e. The molecule has 7 heteroatoms. The van der Waals surface area contributed by atoms with Crippen molar-refractivity contribution in [3.8, 4) is 0 Å². The summed E-state index contributed by atoms with van der Waals surface area (Å²) in [7, 11) is 0. The summed E-state index contributed by atoms with van der Waals surface area (Å²) in [5, 5.41) is 19.8. The van der Waals surface area contributed by atoms with Gasteiger partial charge in [-0.15, -0.1) is 0 Å². The van der Waals surface area contributed by atoms with Crippen LogP contribution in [0.5, 0.6) is 0 Å². The average Bonchev–Trinajstić information content (AvgIpc) is 2.25. The molecule has 0 bridgehead atoms. The number of hydrogen-bond donors (Lipinski definition) is 1. The number of nitrogens with zero attached hydrogens (tertiary/aromatic N) is 3. The second-order valence-corrected chi connectivity index (χ2v) is 3.42. The zero-order valence-corrected chi connectivity index (χ0v) is 9.52. The zero-order chi connectivity index (χ0) is 12.1. The summed E-state index contributed by atoms with van der Waals surface area (Å²) in [5.74, 6) is 0.189. The van der Waals surface area contributed by atoms with Crippen LogP contribution in [0.2, 0.25) is 5.15 Å². The lowest BCUT2D eigenvalue weighted by molar-refractivity contribution is -0.384. The van der Waals surface area contributed by atoms with Gasteiger partial charge in [0.2, 0.25) is 5.82 Å². The van der Waals surface area contributed by atoms with Gasteiger partial charge in [0.05, 0.1) is 11.5 Å². The Hall–Kier alpha value is -1.40. The number of hydrogen-bond acceptors (Lipinski definition) is 5. The molecule has 0 radical (unpaired) electrons. The number of aliphatic hydroxyl groups is 1. The van der Waals surface area contributed by atoms with Gasteiger partial charge in [-0.3, -0.25) is 10.1 Å². The Bertz CT molecular complexity index is 386. The molecular formula is C9H12ClN3O3. The van der Waals surface area contributed by atoms with Gasteiger partial charge in [0.15, 0.2) is 0 Å². The van der Waals surface area contributed by atoms with Crippen molar-refractivity contribution in [2.45, 2.75) is 6.92 Å². The SMILES string of the molecule is CCN(CCO)c1nc(Cl)ccc1[N+](=O)[O-]. The lowest BCUT2D eigenvalue weighted by Crippen LogP contribution is -2.27. The number of likely N-dealkylation sites (N-methyl/N-ethyl adjacent to an activating group) is 1. The van der Waals surface area contributed by atoms with Crippen LogP contribution >= 0.6 is 11.6 Å². The van der Waals surface area contributed by atoms with Crippen molar-refractivity contribution in [2.24, 2.45) is 0 Å². The van der Waals surface area contributed by atoms with E-state index in [1.165, 1.54) is 12.1 Å². The van der Waals surface area contributed by atoms with E-state index in [9.17, 15) is 10.1 Å².